The van der Waals surface area contributed by atoms with Crippen LogP contribution < -0.4 is 9.64 Å². The van der Waals surface area contributed by atoms with E-state index < -0.39 is 0 Å². The normalized spacial score (nSPS) is 23.1. The van der Waals surface area contributed by atoms with Gasteiger partial charge in [0.2, 0.25) is 0 Å². The Morgan fingerprint density at radius 2 is 1.85 bits per heavy atom. The van der Waals surface area contributed by atoms with Gasteiger partial charge in [0.25, 0.3) is 0 Å². The fraction of sp³-hybridized carbons (Fsp3) is 0.667. The number of carbonyl (C=O) groups is 1. The summed E-state index contributed by atoms with van der Waals surface area (Å²) >= 11 is 0. The molecule has 2 saturated heterocycles. The molecule has 0 aliphatic carbocycles. The summed E-state index contributed by atoms with van der Waals surface area (Å²) in [6, 6.07) is 8.21. The number of benzene rings is 1. The molecule has 2 aliphatic heterocycles. The van der Waals surface area contributed by atoms with Crippen molar-refractivity contribution in [2.75, 3.05) is 44.7 Å². The van der Waals surface area contributed by atoms with Gasteiger partial charge >= 0.3 is 5.97 Å². The van der Waals surface area contributed by atoms with E-state index in [0.29, 0.717) is 0 Å². The van der Waals surface area contributed by atoms with Gasteiger partial charge in [0.1, 0.15) is 11.9 Å². The fourth-order valence-corrected chi connectivity index (χ4v) is 4.26. The number of para-hydroxylation sites is 2. The summed E-state index contributed by atoms with van der Waals surface area (Å²) in [7, 11) is 1.73. The molecule has 0 aromatic heterocycles. The first-order valence-electron chi connectivity index (χ1n) is 9.93. The van der Waals surface area contributed by atoms with E-state index in [0.717, 1.165) is 64.2 Å². The second kappa shape index (κ2) is 8.30. The maximum atomic E-state index is 12.2. The smallest absolute Gasteiger partial charge is 0.312 e. The Hall–Kier alpha value is -1.75. The van der Waals surface area contributed by atoms with Crippen LogP contribution in [0.5, 0.6) is 5.75 Å². The zero-order valence-electron chi connectivity index (χ0n) is 16.4. The molecule has 26 heavy (non-hydrogen) atoms. The maximum Gasteiger partial charge on any atom is 0.312 e. The number of hydrogen-bond donors (Lipinski definition) is 0. The number of hydrogen-bond acceptors (Lipinski definition) is 5. The number of piperazine rings is 1. The van der Waals surface area contributed by atoms with Crippen LogP contribution in [-0.4, -0.2) is 56.8 Å². The van der Waals surface area contributed by atoms with Crippen LogP contribution in [0.25, 0.3) is 0 Å². The van der Waals surface area contributed by atoms with E-state index in [4.69, 9.17) is 9.47 Å². The third-order valence-corrected chi connectivity index (χ3v) is 6.24. The van der Waals surface area contributed by atoms with Gasteiger partial charge < -0.3 is 14.4 Å². The Labute approximate surface area is 157 Å². The van der Waals surface area contributed by atoms with Crippen molar-refractivity contribution in [3.05, 3.63) is 24.3 Å². The van der Waals surface area contributed by atoms with Crippen LogP contribution in [0.4, 0.5) is 5.69 Å². The minimum Gasteiger partial charge on any atom is -0.495 e. The molecule has 0 saturated carbocycles. The average molecular weight is 360 g/mol. The third kappa shape index (κ3) is 3.83. The van der Waals surface area contributed by atoms with Crippen LogP contribution in [0, 0.1) is 5.41 Å². The largest absolute Gasteiger partial charge is 0.495 e. The van der Waals surface area contributed by atoms with Crippen molar-refractivity contribution < 1.29 is 14.3 Å². The summed E-state index contributed by atoms with van der Waals surface area (Å²) in [5.74, 6) is 0.961. The van der Waals surface area contributed by atoms with Gasteiger partial charge in [0.15, 0.2) is 0 Å². The molecule has 5 nitrogen and oxygen atoms in total. The van der Waals surface area contributed by atoms with Crippen molar-refractivity contribution in [1.82, 2.24) is 4.90 Å². The summed E-state index contributed by atoms with van der Waals surface area (Å²) < 4.78 is 11.2. The first kappa shape index (κ1) is 19.0. The maximum absolute atomic E-state index is 12.2. The molecule has 1 aromatic carbocycles. The molecule has 2 heterocycles. The first-order chi connectivity index (χ1) is 12.6. The highest BCUT2D eigenvalue weighted by Crippen LogP contribution is 2.41. The van der Waals surface area contributed by atoms with E-state index in [9.17, 15) is 4.79 Å². The Morgan fingerprint density at radius 3 is 2.46 bits per heavy atom. The molecular weight excluding hydrogens is 328 g/mol. The van der Waals surface area contributed by atoms with Crippen molar-refractivity contribution in [2.45, 2.75) is 45.6 Å². The molecular formula is C21H32N2O3. The van der Waals surface area contributed by atoms with Crippen LogP contribution in [0.15, 0.2) is 24.3 Å². The molecule has 3 rings (SSSR count). The van der Waals surface area contributed by atoms with Gasteiger partial charge in [-0.2, -0.15) is 0 Å². The average Bonchev–Trinajstić information content (AvgIpc) is 3.02. The molecule has 0 unspecified atom stereocenters. The summed E-state index contributed by atoms with van der Waals surface area (Å²) in [6.07, 6.45) is 3.70. The van der Waals surface area contributed by atoms with Crippen molar-refractivity contribution in [2.24, 2.45) is 5.41 Å². The molecule has 1 aromatic rings. The number of cyclic esters (lactones) is 1. The Balaban J connectivity index is 1.47. The molecule has 0 amide bonds. The lowest BCUT2D eigenvalue weighted by Gasteiger charge is -2.36. The number of nitrogens with zero attached hydrogens (tertiary/aromatic N) is 2. The monoisotopic (exact) mass is 360 g/mol. The molecule has 144 valence electrons. The SMILES string of the molecule is CCC1(CC)C[C@H](CCN2CCN(c3ccccc3OC)CC2)OC1=O. The summed E-state index contributed by atoms with van der Waals surface area (Å²) in [5, 5.41) is 0. The zero-order chi connectivity index (χ0) is 18.6. The Morgan fingerprint density at radius 1 is 1.15 bits per heavy atom. The van der Waals surface area contributed by atoms with Gasteiger partial charge in [-0.25, -0.2) is 0 Å². The summed E-state index contributed by atoms with van der Waals surface area (Å²) in [5.41, 5.74) is 0.947. The van der Waals surface area contributed by atoms with E-state index in [-0.39, 0.29) is 17.5 Å². The molecule has 0 bridgehead atoms. The van der Waals surface area contributed by atoms with Gasteiger partial charge in [0, 0.05) is 39.1 Å². The van der Waals surface area contributed by atoms with E-state index in [1.54, 1.807) is 7.11 Å². The van der Waals surface area contributed by atoms with Crippen molar-refractivity contribution in [1.29, 1.82) is 0 Å². The third-order valence-electron chi connectivity index (χ3n) is 6.24. The number of rotatable bonds is 7. The fourth-order valence-electron chi connectivity index (χ4n) is 4.26. The lowest BCUT2D eigenvalue weighted by molar-refractivity contribution is -0.149. The molecule has 2 aliphatic rings. The Kier molecular flexibility index (Phi) is 6.07. The summed E-state index contributed by atoms with van der Waals surface area (Å²) in [4.78, 5) is 17.1. The van der Waals surface area contributed by atoms with Crippen LogP contribution in [0.2, 0.25) is 0 Å². The molecule has 2 fully saturated rings. The molecule has 1 atom stereocenters. The topological polar surface area (TPSA) is 42.0 Å². The minimum atomic E-state index is -0.229. The van der Waals surface area contributed by atoms with E-state index >= 15 is 0 Å². The van der Waals surface area contributed by atoms with E-state index in [2.05, 4.69) is 35.8 Å². The predicted octanol–water partition coefficient (Wildman–Crippen LogP) is 3.33. The van der Waals surface area contributed by atoms with Gasteiger partial charge in [-0.3, -0.25) is 9.69 Å². The number of anilines is 1. The van der Waals surface area contributed by atoms with Crippen molar-refractivity contribution >= 4 is 11.7 Å². The molecule has 5 heteroatoms. The predicted molar refractivity (Wildman–Crippen MR) is 104 cm³/mol. The van der Waals surface area contributed by atoms with Crippen LogP contribution in [0.3, 0.4) is 0 Å². The standard InChI is InChI=1S/C21H32N2O3/c1-4-21(5-2)16-17(26-20(21)24)10-11-22-12-14-23(15-13-22)18-8-6-7-9-19(18)25-3/h6-9,17H,4-5,10-16H2,1-3H3/t17-/m0/s1. The van der Waals surface area contributed by atoms with Crippen LogP contribution >= 0.6 is 0 Å². The van der Waals surface area contributed by atoms with Gasteiger partial charge in [-0.1, -0.05) is 26.0 Å². The molecule has 0 N–H and O–H groups in total. The second-order valence-corrected chi connectivity index (χ2v) is 7.51. The Bertz CT molecular complexity index is 607. The van der Waals surface area contributed by atoms with Gasteiger partial charge in [-0.05, 0) is 31.4 Å². The highest BCUT2D eigenvalue weighted by Gasteiger charge is 2.46. The molecule has 0 radical (unpaired) electrons. The number of esters is 1. The van der Waals surface area contributed by atoms with Gasteiger partial charge in [0.05, 0.1) is 18.2 Å². The second-order valence-electron chi connectivity index (χ2n) is 7.51. The highest BCUT2D eigenvalue weighted by atomic mass is 16.6. The number of ether oxygens (including phenoxy) is 2. The first-order valence-corrected chi connectivity index (χ1v) is 9.93. The zero-order valence-corrected chi connectivity index (χ0v) is 16.4. The lowest BCUT2D eigenvalue weighted by Crippen LogP contribution is -2.47. The van der Waals surface area contributed by atoms with E-state index in [1.807, 2.05) is 12.1 Å². The van der Waals surface area contributed by atoms with Crippen molar-refractivity contribution in [3.63, 3.8) is 0 Å². The van der Waals surface area contributed by atoms with E-state index in [1.165, 1.54) is 5.69 Å². The highest BCUT2D eigenvalue weighted by molar-refractivity contribution is 5.78. The number of carbonyl (C=O) groups excluding carboxylic acids is 1. The number of methoxy groups -OCH3 is 1. The lowest BCUT2D eigenvalue weighted by atomic mass is 9.79. The molecule has 0 spiro atoms. The van der Waals surface area contributed by atoms with Gasteiger partial charge in [-0.15, -0.1) is 0 Å². The summed E-state index contributed by atoms with van der Waals surface area (Å²) in [6.45, 7) is 9.27. The van der Waals surface area contributed by atoms with Crippen molar-refractivity contribution in [3.8, 4) is 5.75 Å². The quantitative estimate of drug-likeness (QED) is 0.698. The van der Waals surface area contributed by atoms with Crippen LogP contribution in [-0.2, 0) is 9.53 Å². The van der Waals surface area contributed by atoms with Crippen LogP contribution in [0.1, 0.15) is 39.5 Å². The minimum absolute atomic E-state index is 0.0218.